The second-order valence-corrected chi connectivity index (χ2v) is 5.95. The molecule has 1 aliphatic heterocycles. The lowest BCUT2D eigenvalue weighted by molar-refractivity contribution is 0.0944. The molecule has 1 atom stereocenters. The van der Waals surface area contributed by atoms with Crippen molar-refractivity contribution in [1.29, 1.82) is 5.26 Å². The van der Waals surface area contributed by atoms with E-state index in [2.05, 4.69) is 46.2 Å². The zero-order valence-corrected chi connectivity index (χ0v) is 13.1. The van der Waals surface area contributed by atoms with Crippen LogP contribution < -0.4 is 5.32 Å². The second-order valence-electron chi connectivity index (χ2n) is 5.95. The Kier molecular flexibility index (Phi) is 5.48. The third-order valence-electron chi connectivity index (χ3n) is 4.05. The zero-order chi connectivity index (χ0) is 15.2. The largest absolute Gasteiger partial charge is 0.367 e. The van der Waals surface area contributed by atoms with Crippen molar-refractivity contribution >= 4 is 5.82 Å². The van der Waals surface area contributed by atoms with Crippen LogP contribution in [0.3, 0.4) is 0 Å². The van der Waals surface area contributed by atoms with E-state index < -0.39 is 0 Å². The van der Waals surface area contributed by atoms with Gasteiger partial charge in [-0.3, -0.25) is 4.90 Å². The number of aromatic nitrogens is 2. The summed E-state index contributed by atoms with van der Waals surface area (Å²) < 4.78 is 0. The Bertz CT molecular complexity index is 470. The lowest BCUT2D eigenvalue weighted by atomic mass is 10.0. The highest BCUT2D eigenvalue weighted by molar-refractivity contribution is 5.35. The van der Waals surface area contributed by atoms with Crippen molar-refractivity contribution < 1.29 is 0 Å². The van der Waals surface area contributed by atoms with Crippen molar-refractivity contribution in [3.63, 3.8) is 0 Å². The lowest BCUT2D eigenvalue weighted by Crippen LogP contribution is -2.52. The average molecular weight is 288 g/mol. The number of piperazine rings is 1. The third-order valence-corrected chi connectivity index (χ3v) is 4.05. The maximum Gasteiger partial charge on any atom is 0.163 e. The molecule has 2 heterocycles. The number of rotatable bonds is 5. The van der Waals surface area contributed by atoms with Gasteiger partial charge in [-0.1, -0.05) is 13.8 Å². The SMILES string of the molecule is CC(C)C(CNc1ccc(C#N)nn1)N1CCN(C)CC1. The molecule has 0 radical (unpaired) electrons. The minimum atomic E-state index is 0.347. The summed E-state index contributed by atoms with van der Waals surface area (Å²) in [4.78, 5) is 4.92. The molecule has 1 fully saturated rings. The van der Waals surface area contributed by atoms with E-state index in [1.54, 1.807) is 6.07 Å². The Morgan fingerprint density at radius 1 is 1.24 bits per heavy atom. The van der Waals surface area contributed by atoms with E-state index >= 15 is 0 Å². The van der Waals surface area contributed by atoms with Gasteiger partial charge in [-0.15, -0.1) is 10.2 Å². The number of nitrogens with one attached hydrogen (secondary N) is 1. The summed E-state index contributed by atoms with van der Waals surface area (Å²) in [6, 6.07) is 5.96. The monoisotopic (exact) mass is 288 g/mol. The normalized spacial score (nSPS) is 18.4. The van der Waals surface area contributed by atoms with Crippen molar-refractivity contribution in [2.45, 2.75) is 19.9 Å². The molecule has 0 amide bonds. The van der Waals surface area contributed by atoms with Gasteiger partial charge in [0.1, 0.15) is 11.9 Å². The molecule has 2 rings (SSSR count). The number of likely N-dealkylation sites (N-methyl/N-ethyl adjacent to an activating group) is 1. The first-order chi connectivity index (χ1) is 10.1. The van der Waals surface area contributed by atoms with Gasteiger partial charge < -0.3 is 10.2 Å². The minimum Gasteiger partial charge on any atom is -0.367 e. The van der Waals surface area contributed by atoms with E-state index in [1.165, 1.54) is 0 Å². The Morgan fingerprint density at radius 2 is 1.95 bits per heavy atom. The predicted octanol–water partition coefficient (Wildman–Crippen LogP) is 1.03. The molecule has 1 saturated heterocycles. The van der Waals surface area contributed by atoms with Crippen LogP contribution in [0, 0.1) is 17.2 Å². The lowest BCUT2D eigenvalue weighted by Gasteiger charge is -2.40. The smallest absolute Gasteiger partial charge is 0.163 e. The van der Waals surface area contributed by atoms with Gasteiger partial charge in [-0.05, 0) is 25.1 Å². The molecule has 21 heavy (non-hydrogen) atoms. The number of nitrogens with zero attached hydrogens (tertiary/aromatic N) is 5. The molecule has 1 N–H and O–H groups in total. The summed E-state index contributed by atoms with van der Waals surface area (Å²) in [6.45, 7) is 9.84. The van der Waals surface area contributed by atoms with E-state index in [-0.39, 0.29) is 0 Å². The molecular formula is C15H24N6. The van der Waals surface area contributed by atoms with E-state index in [0.29, 0.717) is 17.7 Å². The van der Waals surface area contributed by atoms with Gasteiger partial charge in [0.25, 0.3) is 0 Å². The topological polar surface area (TPSA) is 68.1 Å². The van der Waals surface area contributed by atoms with Crippen molar-refractivity contribution in [3.8, 4) is 6.07 Å². The van der Waals surface area contributed by atoms with Crippen molar-refractivity contribution in [3.05, 3.63) is 17.8 Å². The summed E-state index contributed by atoms with van der Waals surface area (Å²) in [5.74, 6) is 1.31. The van der Waals surface area contributed by atoms with Crippen molar-refractivity contribution in [2.75, 3.05) is 45.1 Å². The highest BCUT2D eigenvalue weighted by Gasteiger charge is 2.24. The fourth-order valence-corrected chi connectivity index (χ4v) is 2.64. The maximum atomic E-state index is 8.73. The van der Waals surface area contributed by atoms with Gasteiger partial charge in [-0.2, -0.15) is 5.26 Å². The number of hydrogen-bond donors (Lipinski definition) is 1. The molecular weight excluding hydrogens is 264 g/mol. The van der Waals surface area contributed by atoms with Crippen LogP contribution in [0.2, 0.25) is 0 Å². The summed E-state index contributed by atoms with van der Waals surface area (Å²) in [7, 11) is 2.17. The summed E-state index contributed by atoms with van der Waals surface area (Å²) in [5.41, 5.74) is 0.347. The first-order valence-corrected chi connectivity index (χ1v) is 7.50. The fraction of sp³-hybridized carbons (Fsp3) is 0.667. The molecule has 1 aromatic heterocycles. The first kappa shape index (κ1) is 15.7. The van der Waals surface area contributed by atoms with Crippen LogP contribution in [0.5, 0.6) is 0 Å². The molecule has 6 nitrogen and oxygen atoms in total. The molecule has 0 aromatic carbocycles. The van der Waals surface area contributed by atoms with Crippen LogP contribution in [-0.4, -0.2) is 65.8 Å². The van der Waals surface area contributed by atoms with Gasteiger partial charge in [0.15, 0.2) is 5.69 Å². The Labute approximate surface area is 126 Å². The van der Waals surface area contributed by atoms with Crippen LogP contribution in [0.4, 0.5) is 5.82 Å². The molecule has 1 unspecified atom stereocenters. The molecule has 0 aliphatic carbocycles. The summed E-state index contributed by atoms with van der Waals surface area (Å²) in [5, 5.41) is 20.0. The van der Waals surface area contributed by atoms with E-state index in [9.17, 15) is 0 Å². The van der Waals surface area contributed by atoms with E-state index in [1.807, 2.05) is 12.1 Å². The summed E-state index contributed by atoms with van der Waals surface area (Å²) in [6.07, 6.45) is 0. The highest BCUT2D eigenvalue weighted by Crippen LogP contribution is 2.14. The second kappa shape index (κ2) is 7.34. The van der Waals surface area contributed by atoms with Crippen molar-refractivity contribution in [2.24, 2.45) is 5.92 Å². The van der Waals surface area contributed by atoms with Gasteiger partial charge in [0.2, 0.25) is 0 Å². The zero-order valence-electron chi connectivity index (χ0n) is 13.1. The third kappa shape index (κ3) is 4.38. The molecule has 0 spiro atoms. The van der Waals surface area contributed by atoms with Crippen LogP contribution in [0.1, 0.15) is 19.5 Å². The van der Waals surface area contributed by atoms with Gasteiger partial charge in [0, 0.05) is 38.8 Å². The van der Waals surface area contributed by atoms with Gasteiger partial charge >= 0.3 is 0 Å². The predicted molar refractivity (Wildman–Crippen MR) is 82.9 cm³/mol. The Balaban J connectivity index is 1.92. The van der Waals surface area contributed by atoms with Crippen LogP contribution in [-0.2, 0) is 0 Å². The van der Waals surface area contributed by atoms with Crippen LogP contribution >= 0.6 is 0 Å². The van der Waals surface area contributed by atoms with Crippen molar-refractivity contribution in [1.82, 2.24) is 20.0 Å². The van der Waals surface area contributed by atoms with E-state index in [0.717, 1.165) is 38.5 Å². The highest BCUT2D eigenvalue weighted by atomic mass is 15.3. The quantitative estimate of drug-likeness (QED) is 0.873. The molecule has 1 aromatic rings. The fourth-order valence-electron chi connectivity index (χ4n) is 2.64. The maximum absolute atomic E-state index is 8.73. The minimum absolute atomic E-state index is 0.347. The van der Waals surface area contributed by atoms with Crippen LogP contribution in [0.15, 0.2) is 12.1 Å². The molecule has 114 valence electrons. The Morgan fingerprint density at radius 3 is 2.48 bits per heavy atom. The van der Waals surface area contributed by atoms with Gasteiger partial charge in [0.05, 0.1) is 0 Å². The number of anilines is 1. The molecule has 0 bridgehead atoms. The summed E-state index contributed by atoms with van der Waals surface area (Å²) >= 11 is 0. The standard InChI is InChI=1S/C15H24N6/c1-12(2)14(21-8-6-20(3)7-9-21)11-17-15-5-4-13(10-16)18-19-15/h4-5,12,14H,6-9,11H2,1-3H3,(H,17,19). The first-order valence-electron chi connectivity index (χ1n) is 7.50. The molecule has 0 saturated carbocycles. The van der Waals surface area contributed by atoms with Crippen LogP contribution in [0.25, 0.3) is 0 Å². The van der Waals surface area contributed by atoms with E-state index in [4.69, 9.17) is 5.26 Å². The molecule has 1 aliphatic rings. The number of hydrogen-bond acceptors (Lipinski definition) is 6. The Hall–Kier alpha value is -1.71. The molecule has 6 heteroatoms. The number of nitriles is 1. The average Bonchev–Trinajstić information content (AvgIpc) is 2.49. The van der Waals surface area contributed by atoms with Gasteiger partial charge in [-0.25, -0.2) is 0 Å².